The Labute approximate surface area is 179 Å². The molecule has 6 heteroatoms. The number of halogens is 1. The van der Waals surface area contributed by atoms with Crippen LogP contribution in [-0.2, 0) is 0 Å². The maximum atomic E-state index is 12.4. The van der Waals surface area contributed by atoms with Gasteiger partial charge in [0, 0.05) is 10.6 Å². The quantitative estimate of drug-likeness (QED) is 0.218. The summed E-state index contributed by atoms with van der Waals surface area (Å²) < 4.78 is 15.9. The number of carbonyl (C=O) groups excluding carboxylic acids is 2. The predicted octanol–water partition coefficient (Wildman–Crippen LogP) is 5.47. The average Bonchev–Trinajstić information content (AvgIpc) is 2.78. The van der Waals surface area contributed by atoms with Gasteiger partial charge in [0.25, 0.3) is 0 Å². The van der Waals surface area contributed by atoms with E-state index in [-0.39, 0.29) is 11.5 Å². The van der Waals surface area contributed by atoms with Crippen LogP contribution in [-0.4, -0.2) is 26.0 Å². The Bertz CT molecular complexity index is 1090. The van der Waals surface area contributed by atoms with Crippen molar-refractivity contribution < 1.29 is 23.8 Å². The Morgan fingerprint density at radius 3 is 2.30 bits per heavy atom. The molecule has 0 saturated heterocycles. The summed E-state index contributed by atoms with van der Waals surface area (Å²) in [6.07, 6.45) is 3.12. The Balaban J connectivity index is 1.75. The van der Waals surface area contributed by atoms with Crippen LogP contribution in [0.1, 0.15) is 26.3 Å². The maximum absolute atomic E-state index is 12.4. The highest BCUT2D eigenvalue weighted by Gasteiger charge is 2.13. The van der Waals surface area contributed by atoms with E-state index >= 15 is 0 Å². The molecule has 3 rings (SSSR count). The number of rotatable bonds is 7. The first-order chi connectivity index (χ1) is 14.5. The molecule has 5 nitrogen and oxygen atoms in total. The van der Waals surface area contributed by atoms with E-state index in [0.717, 1.165) is 5.56 Å². The molecule has 0 radical (unpaired) electrons. The molecule has 0 unspecified atom stereocenters. The van der Waals surface area contributed by atoms with E-state index in [2.05, 4.69) is 0 Å². The number of ketones is 1. The second-order valence-corrected chi connectivity index (χ2v) is 6.67. The van der Waals surface area contributed by atoms with Crippen molar-refractivity contribution in [3.8, 4) is 17.2 Å². The zero-order chi connectivity index (χ0) is 21.5. The molecule has 3 aromatic rings. The summed E-state index contributed by atoms with van der Waals surface area (Å²) in [6.45, 7) is 0. The highest BCUT2D eigenvalue weighted by atomic mass is 35.5. The molecule has 0 saturated carbocycles. The number of hydrogen-bond donors (Lipinski definition) is 0. The molecule has 0 aromatic heterocycles. The van der Waals surface area contributed by atoms with Crippen molar-refractivity contribution in [2.45, 2.75) is 0 Å². The summed E-state index contributed by atoms with van der Waals surface area (Å²) in [7, 11) is 3.00. The molecule has 0 N–H and O–H groups in total. The number of ether oxygens (including phenoxy) is 3. The van der Waals surface area contributed by atoms with Gasteiger partial charge < -0.3 is 14.2 Å². The SMILES string of the molecule is COc1cccc(C(=O)Oc2ccc(/C=C/C(=O)c3ccc(Cl)cc3)cc2OC)c1. The fourth-order valence-electron chi connectivity index (χ4n) is 2.66. The van der Waals surface area contributed by atoms with Crippen LogP contribution >= 0.6 is 11.6 Å². The lowest BCUT2D eigenvalue weighted by molar-refractivity contribution is 0.0729. The van der Waals surface area contributed by atoms with Gasteiger partial charge in [0.1, 0.15) is 5.75 Å². The molecule has 3 aromatic carbocycles. The van der Waals surface area contributed by atoms with Crippen LogP contribution < -0.4 is 14.2 Å². The zero-order valence-corrected chi connectivity index (χ0v) is 17.2. The third kappa shape index (κ3) is 5.27. The monoisotopic (exact) mass is 422 g/mol. The lowest BCUT2D eigenvalue weighted by atomic mass is 10.1. The summed E-state index contributed by atoms with van der Waals surface area (Å²) in [5, 5.41) is 0.569. The van der Waals surface area contributed by atoms with Gasteiger partial charge in [-0.2, -0.15) is 0 Å². The van der Waals surface area contributed by atoms with E-state index in [1.807, 2.05) is 0 Å². The molecule has 0 aliphatic rings. The molecule has 0 spiro atoms. The molecule has 30 heavy (non-hydrogen) atoms. The normalized spacial score (nSPS) is 10.6. The van der Waals surface area contributed by atoms with Gasteiger partial charge in [-0.1, -0.05) is 29.8 Å². The highest BCUT2D eigenvalue weighted by Crippen LogP contribution is 2.29. The van der Waals surface area contributed by atoms with Gasteiger partial charge in [-0.05, 0) is 66.2 Å². The molecule has 0 atom stereocenters. The standard InChI is InChI=1S/C24H19ClO5/c1-28-20-5-3-4-18(15-20)24(27)30-22-13-7-16(14-23(22)29-2)6-12-21(26)17-8-10-19(25)11-9-17/h3-15H,1-2H3/b12-6+. The number of methoxy groups -OCH3 is 2. The number of benzene rings is 3. The van der Waals surface area contributed by atoms with Crippen molar-refractivity contribution in [2.75, 3.05) is 14.2 Å². The minimum absolute atomic E-state index is 0.154. The van der Waals surface area contributed by atoms with Gasteiger partial charge in [0.05, 0.1) is 19.8 Å². The second-order valence-electron chi connectivity index (χ2n) is 6.24. The van der Waals surface area contributed by atoms with Crippen molar-refractivity contribution in [1.82, 2.24) is 0 Å². The van der Waals surface area contributed by atoms with Gasteiger partial charge in [-0.15, -0.1) is 0 Å². The van der Waals surface area contributed by atoms with Gasteiger partial charge in [0.15, 0.2) is 17.3 Å². The molecule has 0 bridgehead atoms. The fraction of sp³-hybridized carbons (Fsp3) is 0.0833. The van der Waals surface area contributed by atoms with Crippen molar-refractivity contribution in [1.29, 1.82) is 0 Å². The van der Waals surface area contributed by atoms with E-state index < -0.39 is 5.97 Å². The van der Waals surface area contributed by atoms with Gasteiger partial charge in [-0.3, -0.25) is 4.79 Å². The summed E-state index contributed by atoms with van der Waals surface area (Å²) in [5.74, 6) is 0.508. The van der Waals surface area contributed by atoms with Gasteiger partial charge in [0.2, 0.25) is 0 Å². The van der Waals surface area contributed by atoms with Crippen LogP contribution in [0.15, 0.2) is 72.8 Å². The van der Waals surface area contributed by atoms with Crippen molar-refractivity contribution in [2.24, 2.45) is 0 Å². The Hall–Kier alpha value is -3.57. The average molecular weight is 423 g/mol. The van der Waals surface area contributed by atoms with Gasteiger partial charge >= 0.3 is 5.97 Å². The Kier molecular flexibility index (Phi) is 6.88. The van der Waals surface area contributed by atoms with Crippen LogP contribution in [0.2, 0.25) is 5.02 Å². The fourth-order valence-corrected chi connectivity index (χ4v) is 2.79. The van der Waals surface area contributed by atoms with E-state index in [1.165, 1.54) is 20.3 Å². The highest BCUT2D eigenvalue weighted by molar-refractivity contribution is 6.30. The molecular formula is C24H19ClO5. The van der Waals surface area contributed by atoms with Crippen LogP contribution in [0, 0.1) is 0 Å². The summed E-state index contributed by atoms with van der Waals surface area (Å²) in [5.41, 5.74) is 1.61. The minimum atomic E-state index is -0.534. The molecule has 0 amide bonds. The van der Waals surface area contributed by atoms with Crippen LogP contribution in [0.25, 0.3) is 6.08 Å². The first kappa shape index (κ1) is 21.1. The first-order valence-electron chi connectivity index (χ1n) is 9.02. The molecule has 0 heterocycles. The molecule has 0 aliphatic carbocycles. The van der Waals surface area contributed by atoms with Gasteiger partial charge in [-0.25, -0.2) is 4.79 Å². The number of hydrogen-bond acceptors (Lipinski definition) is 5. The Morgan fingerprint density at radius 2 is 1.60 bits per heavy atom. The topological polar surface area (TPSA) is 61.8 Å². The third-order valence-electron chi connectivity index (χ3n) is 4.25. The first-order valence-corrected chi connectivity index (χ1v) is 9.40. The van der Waals surface area contributed by atoms with Crippen LogP contribution in [0.4, 0.5) is 0 Å². The molecule has 152 valence electrons. The van der Waals surface area contributed by atoms with Crippen molar-refractivity contribution >= 4 is 29.4 Å². The summed E-state index contributed by atoms with van der Waals surface area (Å²) in [4.78, 5) is 24.7. The smallest absolute Gasteiger partial charge is 0.343 e. The van der Waals surface area contributed by atoms with Crippen molar-refractivity contribution in [3.05, 3.63) is 94.5 Å². The Morgan fingerprint density at radius 1 is 0.833 bits per heavy atom. The second kappa shape index (κ2) is 9.76. The summed E-state index contributed by atoms with van der Waals surface area (Å²) >= 11 is 5.84. The van der Waals surface area contributed by atoms with Crippen LogP contribution in [0.5, 0.6) is 17.2 Å². The summed E-state index contributed by atoms with van der Waals surface area (Å²) in [6, 6.07) is 18.3. The lowest BCUT2D eigenvalue weighted by Gasteiger charge is -2.10. The van der Waals surface area contributed by atoms with E-state index in [4.69, 9.17) is 25.8 Å². The van der Waals surface area contributed by atoms with Crippen molar-refractivity contribution in [3.63, 3.8) is 0 Å². The number of esters is 1. The maximum Gasteiger partial charge on any atom is 0.343 e. The molecular weight excluding hydrogens is 404 g/mol. The minimum Gasteiger partial charge on any atom is -0.497 e. The van der Waals surface area contributed by atoms with Crippen LogP contribution in [0.3, 0.4) is 0 Å². The molecule has 0 fully saturated rings. The predicted molar refractivity (Wildman–Crippen MR) is 116 cm³/mol. The number of carbonyl (C=O) groups is 2. The number of allylic oxidation sites excluding steroid dienone is 1. The van der Waals surface area contributed by atoms with E-state index in [0.29, 0.717) is 27.6 Å². The van der Waals surface area contributed by atoms with E-state index in [9.17, 15) is 9.59 Å². The van der Waals surface area contributed by atoms with E-state index in [1.54, 1.807) is 72.8 Å². The third-order valence-corrected chi connectivity index (χ3v) is 4.50. The largest absolute Gasteiger partial charge is 0.497 e. The molecule has 0 aliphatic heterocycles. The zero-order valence-electron chi connectivity index (χ0n) is 16.4. The lowest BCUT2D eigenvalue weighted by Crippen LogP contribution is -2.09.